The molecule has 0 spiro atoms. The zero-order valence-corrected chi connectivity index (χ0v) is 16.0. The lowest BCUT2D eigenvalue weighted by molar-refractivity contribution is 0.178. The van der Waals surface area contributed by atoms with Crippen molar-refractivity contribution < 1.29 is 17.9 Å². The smallest absolute Gasteiger partial charge is 0.414 e. The maximum Gasteiger partial charge on any atom is 0.414 e. The van der Waals surface area contributed by atoms with Gasteiger partial charge in [-0.2, -0.15) is 0 Å². The van der Waals surface area contributed by atoms with Crippen LogP contribution in [0.2, 0.25) is 0 Å². The number of carbonyl (C=O) groups is 1. The van der Waals surface area contributed by atoms with E-state index in [1.54, 1.807) is 23.1 Å². The van der Waals surface area contributed by atoms with Gasteiger partial charge in [0.15, 0.2) is 0 Å². The van der Waals surface area contributed by atoms with Crippen LogP contribution in [0.5, 0.6) is 0 Å². The van der Waals surface area contributed by atoms with Crippen molar-refractivity contribution in [3.8, 4) is 0 Å². The third-order valence-electron chi connectivity index (χ3n) is 5.22. The molecule has 2 aromatic carbocycles. The summed E-state index contributed by atoms with van der Waals surface area (Å²) >= 11 is 0. The Labute approximate surface area is 159 Å². The number of hydrogen-bond donors (Lipinski definition) is 0. The number of nitrogens with zero attached hydrogens (tertiary/aromatic N) is 2. The lowest BCUT2D eigenvalue weighted by atomic mass is 10.0. The molecule has 0 saturated heterocycles. The van der Waals surface area contributed by atoms with Gasteiger partial charge in [-0.25, -0.2) is 13.2 Å². The van der Waals surface area contributed by atoms with Gasteiger partial charge in [-0.1, -0.05) is 18.2 Å². The standard InChI is InChI=1S/C20H22N2O4S/c1-26-20(23)21-12-4-8-16-14-17(10-11-18(16)21)27(24,25)22-13-5-7-15-6-2-3-9-19(15)22/h2-3,6,9-11,14H,4-5,7-8,12-13H2,1H3. The van der Waals surface area contributed by atoms with Crippen LogP contribution in [0.25, 0.3) is 0 Å². The van der Waals surface area contributed by atoms with Crippen LogP contribution in [0.3, 0.4) is 0 Å². The molecule has 2 aromatic rings. The summed E-state index contributed by atoms with van der Waals surface area (Å²) in [5.74, 6) is 0. The number of hydrogen-bond acceptors (Lipinski definition) is 4. The average Bonchev–Trinajstić information content (AvgIpc) is 2.71. The third kappa shape index (κ3) is 3.06. The number of anilines is 2. The normalized spacial score (nSPS) is 16.5. The molecular formula is C20H22N2O4S. The topological polar surface area (TPSA) is 66.9 Å². The van der Waals surface area contributed by atoms with Crippen molar-refractivity contribution in [2.75, 3.05) is 29.4 Å². The number of benzene rings is 2. The van der Waals surface area contributed by atoms with Crippen molar-refractivity contribution in [3.63, 3.8) is 0 Å². The van der Waals surface area contributed by atoms with E-state index in [0.29, 0.717) is 13.1 Å². The van der Waals surface area contributed by atoms with Gasteiger partial charge in [0.25, 0.3) is 10.0 Å². The minimum Gasteiger partial charge on any atom is -0.452 e. The number of methoxy groups -OCH3 is 1. The molecular weight excluding hydrogens is 364 g/mol. The van der Waals surface area contributed by atoms with E-state index in [4.69, 9.17) is 4.74 Å². The van der Waals surface area contributed by atoms with Crippen molar-refractivity contribution in [1.29, 1.82) is 0 Å². The molecule has 0 radical (unpaired) electrons. The number of amides is 1. The highest BCUT2D eigenvalue weighted by Gasteiger charge is 2.31. The van der Waals surface area contributed by atoms with Crippen LogP contribution in [0.15, 0.2) is 47.4 Å². The lowest BCUT2D eigenvalue weighted by Crippen LogP contribution is -2.37. The second-order valence-electron chi connectivity index (χ2n) is 6.83. The van der Waals surface area contributed by atoms with Crippen molar-refractivity contribution in [2.24, 2.45) is 0 Å². The van der Waals surface area contributed by atoms with E-state index in [1.807, 2.05) is 24.3 Å². The molecule has 2 aliphatic rings. The molecule has 4 rings (SSSR count). The zero-order valence-electron chi connectivity index (χ0n) is 15.2. The highest BCUT2D eigenvalue weighted by Crippen LogP contribution is 2.34. The van der Waals surface area contributed by atoms with E-state index in [-0.39, 0.29) is 4.90 Å². The van der Waals surface area contributed by atoms with Gasteiger partial charge in [-0.3, -0.25) is 9.21 Å². The molecule has 0 aromatic heterocycles. The van der Waals surface area contributed by atoms with Gasteiger partial charge in [-0.15, -0.1) is 0 Å². The molecule has 2 heterocycles. The molecule has 0 N–H and O–H groups in total. The molecule has 0 bridgehead atoms. The molecule has 27 heavy (non-hydrogen) atoms. The van der Waals surface area contributed by atoms with E-state index in [1.165, 1.54) is 11.4 Å². The van der Waals surface area contributed by atoms with Gasteiger partial charge >= 0.3 is 6.09 Å². The summed E-state index contributed by atoms with van der Waals surface area (Å²) in [7, 11) is -2.30. The number of fused-ring (bicyclic) bond motifs is 2. The van der Waals surface area contributed by atoms with Crippen LogP contribution in [0, 0.1) is 0 Å². The fraction of sp³-hybridized carbons (Fsp3) is 0.350. The molecule has 0 atom stereocenters. The first-order chi connectivity index (χ1) is 13.0. The monoisotopic (exact) mass is 386 g/mol. The maximum atomic E-state index is 13.3. The van der Waals surface area contributed by atoms with E-state index >= 15 is 0 Å². The summed E-state index contributed by atoms with van der Waals surface area (Å²) in [6.45, 7) is 1.05. The molecule has 2 aliphatic heterocycles. The second kappa shape index (κ2) is 6.88. The highest BCUT2D eigenvalue weighted by molar-refractivity contribution is 7.92. The molecule has 142 valence electrons. The number of para-hydroxylation sites is 1. The van der Waals surface area contributed by atoms with Crippen LogP contribution >= 0.6 is 0 Å². The molecule has 0 saturated carbocycles. The average molecular weight is 386 g/mol. The summed E-state index contributed by atoms with van der Waals surface area (Å²) in [6, 6.07) is 12.7. The Hall–Kier alpha value is -2.54. The van der Waals surface area contributed by atoms with Crippen molar-refractivity contribution in [3.05, 3.63) is 53.6 Å². The van der Waals surface area contributed by atoms with Crippen LogP contribution in [0.1, 0.15) is 24.0 Å². The van der Waals surface area contributed by atoms with Crippen LogP contribution in [-0.2, 0) is 27.6 Å². The van der Waals surface area contributed by atoms with E-state index in [2.05, 4.69) is 0 Å². The van der Waals surface area contributed by atoms with Crippen molar-refractivity contribution in [2.45, 2.75) is 30.6 Å². The quantitative estimate of drug-likeness (QED) is 0.794. The Kier molecular flexibility index (Phi) is 4.55. The molecule has 0 fully saturated rings. The largest absolute Gasteiger partial charge is 0.452 e. The second-order valence-corrected chi connectivity index (χ2v) is 8.69. The Morgan fingerprint density at radius 3 is 2.52 bits per heavy atom. The maximum absolute atomic E-state index is 13.3. The van der Waals surface area contributed by atoms with Gasteiger partial charge < -0.3 is 4.74 Å². The molecule has 1 amide bonds. The molecule has 6 nitrogen and oxygen atoms in total. The van der Waals surface area contributed by atoms with Gasteiger partial charge in [0.2, 0.25) is 0 Å². The fourth-order valence-electron chi connectivity index (χ4n) is 3.91. The first-order valence-electron chi connectivity index (χ1n) is 9.11. The number of aryl methyl sites for hydroxylation is 2. The van der Waals surface area contributed by atoms with E-state index in [9.17, 15) is 13.2 Å². The van der Waals surface area contributed by atoms with Gasteiger partial charge in [-0.05, 0) is 61.1 Å². The minimum absolute atomic E-state index is 0.268. The molecule has 0 unspecified atom stereocenters. The Morgan fingerprint density at radius 1 is 0.963 bits per heavy atom. The van der Waals surface area contributed by atoms with E-state index in [0.717, 1.165) is 48.2 Å². The predicted octanol–water partition coefficient (Wildman–Crippen LogP) is 3.35. The first-order valence-corrected chi connectivity index (χ1v) is 10.6. The Morgan fingerprint density at radius 2 is 1.70 bits per heavy atom. The third-order valence-corrected chi connectivity index (χ3v) is 7.03. The van der Waals surface area contributed by atoms with Crippen molar-refractivity contribution >= 4 is 27.5 Å². The SMILES string of the molecule is COC(=O)N1CCCc2cc(S(=O)(=O)N3CCCc4ccccc43)ccc21. The summed E-state index contributed by atoms with van der Waals surface area (Å²) < 4.78 is 33.0. The van der Waals surface area contributed by atoms with Crippen LogP contribution in [0.4, 0.5) is 16.2 Å². The van der Waals surface area contributed by atoms with Gasteiger partial charge in [0.1, 0.15) is 0 Å². The Balaban J connectivity index is 1.73. The first kappa shape index (κ1) is 17.9. The summed E-state index contributed by atoms with van der Waals surface area (Å²) in [4.78, 5) is 13.8. The summed E-state index contributed by atoms with van der Waals surface area (Å²) in [5, 5.41) is 0. The zero-order chi connectivity index (χ0) is 19.0. The lowest BCUT2D eigenvalue weighted by Gasteiger charge is -2.32. The van der Waals surface area contributed by atoms with E-state index < -0.39 is 16.1 Å². The number of ether oxygens (including phenoxy) is 1. The number of sulfonamides is 1. The summed E-state index contributed by atoms with van der Waals surface area (Å²) in [6.07, 6.45) is 2.79. The van der Waals surface area contributed by atoms with Gasteiger partial charge in [0, 0.05) is 13.1 Å². The minimum atomic E-state index is -3.65. The van der Waals surface area contributed by atoms with Crippen LogP contribution < -0.4 is 9.21 Å². The van der Waals surface area contributed by atoms with Crippen LogP contribution in [-0.4, -0.2) is 34.7 Å². The predicted molar refractivity (Wildman–Crippen MR) is 104 cm³/mol. The highest BCUT2D eigenvalue weighted by atomic mass is 32.2. The van der Waals surface area contributed by atoms with Gasteiger partial charge in [0.05, 0.1) is 23.4 Å². The fourth-order valence-corrected chi connectivity index (χ4v) is 5.50. The summed E-state index contributed by atoms with van der Waals surface area (Å²) in [5.41, 5.74) is 3.41. The molecule has 7 heteroatoms. The number of rotatable bonds is 2. The molecule has 0 aliphatic carbocycles. The number of carbonyl (C=O) groups excluding carboxylic acids is 1. The Bertz CT molecular complexity index is 987. The van der Waals surface area contributed by atoms with Crippen molar-refractivity contribution in [1.82, 2.24) is 0 Å².